The molecule has 76 valence electrons. The zero-order chi connectivity index (χ0) is 11.4. The molecule has 0 heterocycles. The third-order valence-electron chi connectivity index (χ3n) is 1.74. The van der Waals surface area contributed by atoms with Crippen molar-refractivity contribution >= 4 is 23.2 Å². The van der Waals surface area contributed by atoms with E-state index < -0.39 is 0 Å². The van der Waals surface area contributed by atoms with E-state index in [2.05, 4.69) is 11.9 Å². The molecule has 0 fully saturated rings. The Labute approximate surface area is 93.0 Å². The molecule has 0 saturated carbocycles. The zero-order valence-electron chi connectivity index (χ0n) is 8.17. The molecule has 1 N–H and O–H groups in total. The van der Waals surface area contributed by atoms with Crippen molar-refractivity contribution in [3.8, 4) is 6.07 Å². The fraction of sp³-hybridized carbons (Fsp3) is 0.0909. The molecular formula is C11H9ClN2O. The van der Waals surface area contributed by atoms with Crippen molar-refractivity contribution in [2.75, 3.05) is 5.32 Å². The van der Waals surface area contributed by atoms with Gasteiger partial charge < -0.3 is 5.32 Å². The van der Waals surface area contributed by atoms with Crippen LogP contribution in [0, 0.1) is 11.3 Å². The Hall–Kier alpha value is -1.79. The number of carbonyl (C=O) groups excluding carboxylic acids is 1. The summed E-state index contributed by atoms with van der Waals surface area (Å²) in [4.78, 5) is 11.3. The Bertz CT molecular complexity index is 460. The number of amides is 1. The molecular weight excluding hydrogens is 212 g/mol. The molecule has 0 atom stereocenters. The summed E-state index contributed by atoms with van der Waals surface area (Å²) in [5.41, 5.74) is 1.34. The van der Waals surface area contributed by atoms with Gasteiger partial charge in [0.2, 0.25) is 0 Å². The van der Waals surface area contributed by atoms with Crippen LogP contribution in [0.5, 0.6) is 0 Å². The first-order chi connectivity index (χ1) is 7.04. The Morgan fingerprint density at radius 1 is 1.60 bits per heavy atom. The van der Waals surface area contributed by atoms with Crippen molar-refractivity contribution in [1.29, 1.82) is 5.26 Å². The van der Waals surface area contributed by atoms with E-state index in [0.717, 1.165) is 0 Å². The number of hydrogen-bond acceptors (Lipinski definition) is 2. The SMILES string of the molecule is C=C(C)C(=O)Nc1ccc(C#N)c(Cl)c1. The van der Waals surface area contributed by atoms with Gasteiger partial charge in [0.05, 0.1) is 10.6 Å². The number of nitriles is 1. The summed E-state index contributed by atoms with van der Waals surface area (Å²) < 4.78 is 0. The predicted octanol–water partition coefficient (Wildman–Crippen LogP) is 2.73. The number of benzene rings is 1. The van der Waals surface area contributed by atoms with E-state index in [0.29, 0.717) is 21.8 Å². The highest BCUT2D eigenvalue weighted by molar-refractivity contribution is 6.32. The van der Waals surface area contributed by atoms with Crippen LogP contribution < -0.4 is 5.32 Å². The fourth-order valence-electron chi connectivity index (χ4n) is 0.921. The lowest BCUT2D eigenvalue weighted by Gasteiger charge is -2.05. The highest BCUT2D eigenvalue weighted by Crippen LogP contribution is 2.20. The van der Waals surface area contributed by atoms with E-state index in [1.807, 2.05) is 6.07 Å². The molecule has 1 amide bonds. The van der Waals surface area contributed by atoms with Gasteiger partial charge in [-0.05, 0) is 25.1 Å². The molecule has 0 spiro atoms. The van der Waals surface area contributed by atoms with Crippen molar-refractivity contribution in [2.45, 2.75) is 6.92 Å². The minimum atomic E-state index is -0.268. The van der Waals surface area contributed by atoms with Crippen LogP contribution in [0.2, 0.25) is 5.02 Å². The minimum absolute atomic E-state index is 0.268. The Morgan fingerprint density at radius 3 is 2.73 bits per heavy atom. The van der Waals surface area contributed by atoms with E-state index in [1.54, 1.807) is 19.1 Å². The number of hydrogen-bond donors (Lipinski definition) is 1. The predicted molar refractivity (Wildman–Crippen MR) is 59.6 cm³/mol. The van der Waals surface area contributed by atoms with Gasteiger partial charge in [-0.15, -0.1) is 0 Å². The Balaban J connectivity index is 2.90. The lowest BCUT2D eigenvalue weighted by Crippen LogP contribution is -2.11. The van der Waals surface area contributed by atoms with Gasteiger partial charge in [0.25, 0.3) is 5.91 Å². The summed E-state index contributed by atoms with van der Waals surface area (Å²) in [7, 11) is 0. The van der Waals surface area contributed by atoms with E-state index in [1.165, 1.54) is 6.07 Å². The molecule has 0 unspecified atom stereocenters. The van der Waals surface area contributed by atoms with Crippen molar-refractivity contribution in [3.05, 3.63) is 40.9 Å². The number of anilines is 1. The average Bonchev–Trinajstić information content (AvgIpc) is 2.18. The minimum Gasteiger partial charge on any atom is -0.322 e. The summed E-state index contributed by atoms with van der Waals surface area (Å²) in [6.07, 6.45) is 0. The molecule has 1 aromatic rings. The first-order valence-electron chi connectivity index (χ1n) is 4.21. The van der Waals surface area contributed by atoms with Crippen LogP contribution in [0.15, 0.2) is 30.4 Å². The first kappa shape index (κ1) is 11.3. The Morgan fingerprint density at radius 2 is 2.27 bits per heavy atom. The summed E-state index contributed by atoms with van der Waals surface area (Å²) in [5.74, 6) is -0.268. The van der Waals surface area contributed by atoms with Crippen LogP contribution in [0.1, 0.15) is 12.5 Å². The second kappa shape index (κ2) is 4.63. The number of nitrogens with zero attached hydrogens (tertiary/aromatic N) is 1. The molecule has 0 radical (unpaired) electrons. The van der Waals surface area contributed by atoms with E-state index in [-0.39, 0.29) is 5.91 Å². The van der Waals surface area contributed by atoms with E-state index >= 15 is 0 Å². The maximum Gasteiger partial charge on any atom is 0.250 e. The van der Waals surface area contributed by atoms with Gasteiger partial charge in [-0.3, -0.25) is 4.79 Å². The van der Waals surface area contributed by atoms with Crippen molar-refractivity contribution in [1.82, 2.24) is 0 Å². The third kappa shape index (κ3) is 2.83. The van der Waals surface area contributed by atoms with Crippen LogP contribution in [0.3, 0.4) is 0 Å². The summed E-state index contributed by atoms with van der Waals surface area (Å²) >= 11 is 5.80. The van der Waals surface area contributed by atoms with Gasteiger partial charge >= 0.3 is 0 Å². The van der Waals surface area contributed by atoms with Crippen LogP contribution in [0.4, 0.5) is 5.69 Å². The van der Waals surface area contributed by atoms with E-state index in [9.17, 15) is 4.79 Å². The number of carbonyl (C=O) groups is 1. The van der Waals surface area contributed by atoms with Gasteiger partial charge in [0.1, 0.15) is 6.07 Å². The molecule has 0 aliphatic heterocycles. The lowest BCUT2D eigenvalue weighted by atomic mass is 10.2. The van der Waals surface area contributed by atoms with Crippen LogP contribution in [0.25, 0.3) is 0 Å². The smallest absolute Gasteiger partial charge is 0.250 e. The first-order valence-corrected chi connectivity index (χ1v) is 4.59. The monoisotopic (exact) mass is 220 g/mol. The highest BCUT2D eigenvalue weighted by atomic mass is 35.5. The van der Waals surface area contributed by atoms with Gasteiger partial charge in [-0.1, -0.05) is 18.2 Å². The van der Waals surface area contributed by atoms with Gasteiger partial charge in [0.15, 0.2) is 0 Å². The van der Waals surface area contributed by atoms with Gasteiger partial charge in [0, 0.05) is 11.3 Å². The summed E-state index contributed by atoms with van der Waals surface area (Å²) in [6.45, 7) is 5.12. The van der Waals surface area contributed by atoms with E-state index in [4.69, 9.17) is 16.9 Å². The quantitative estimate of drug-likeness (QED) is 0.780. The molecule has 0 bridgehead atoms. The normalized spacial score (nSPS) is 9.13. The number of rotatable bonds is 2. The lowest BCUT2D eigenvalue weighted by molar-refractivity contribution is -0.112. The largest absolute Gasteiger partial charge is 0.322 e. The average molecular weight is 221 g/mol. The van der Waals surface area contributed by atoms with Crippen LogP contribution >= 0.6 is 11.6 Å². The summed E-state index contributed by atoms with van der Waals surface area (Å²) in [6, 6.07) is 6.63. The number of nitrogens with one attached hydrogen (secondary N) is 1. The zero-order valence-corrected chi connectivity index (χ0v) is 8.93. The molecule has 0 aliphatic carbocycles. The second-order valence-electron chi connectivity index (χ2n) is 3.04. The number of halogens is 1. The van der Waals surface area contributed by atoms with Crippen molar-refractivity contribution in [2.24, 2.45) is 0 Å². The van der Waals surface area contributed by atoms with Crippen molar-refractivity contribution < 1.29 is 4.79 Å². The van der Waals surface area contributed by atoms with Gasteiger partial charge in [-0.25, -0.2) is 0 Å². The summed E-state index contributed by atoms with van der Waals surface area (Å²) in [5, 5.41) is 11.6. The standard InChI is InChI=1S/C11H9ClN2O/c1-7(2)11(15)14-9-4-3-8(6-13)10(12)5-9/h3-5H,1H2,2H3,(H,14,15). The third-order valence-corrected chi connectivity index (χ3v) is 2.05. The highest BCUT2D eigenvalue weighted by Gasteiger charge is 2.05. The second-order valence-corrected chi connectivity index (χ2v) is 3.45. The Kier molecular flexibility index (Phi) is 3.48. The maximum absolute atomic E-state index is 11.3. The maximum atomic E-state index is 11.3. The molecule has 1 aromatic carbocycles. The molecule has 0 saturated heterocycles. The molecule has 0 aliphatic rings. The van der Waals surface area contributed by atoms with Crippen LogP contribution in [-0.4, -0.2) is 5.91 Å². The van der Waals surface area contributed by atoms with Crippen LogP contribution in [-0.2, 0) is 4.79 Å². The fourth-order valence-corrected chi connectivity index (χ4v) is 1.14. The van der Waals surface area contributed by atoms with Gasteiger partial charge in [-0.2, -0.15) is 5.26 Å². The molecule has 0 aromatic heterocycles. The topological polar surface area (TPSA) is 52.9 Å². The molecule has 15 heavy (non-hydrogen) atoms. The molecule has 1 rings (SSSR count). The van der Waals surface area contributed by atoms with Crippen molar-refractivity contribution in [3.63, 3.8) is 0 Å². The molecule has 3 nitrogen and oxygen atoms in total. The molecule has 4 heteroatoms.